The van der Waals surface area contributed by atoms with Crippen molar-refractivity contribution in [2.45, 2.75) is 52.1 Å². The zero-order valence-electron chi connectivity index (χ0n) is 18.0. The number of aryl methyl sites for hydroxylation is 2. The number of carbonyl (C=O) groups is 1. The van der Waals surface area contributed by atoms with Gasteiger partial charge in [0.25, 0.3) is 0 Å². The molecular weight excluding hydrogens is 390 g/mol. The highest BCUT2D eigenvalue weighted by Gasteiger charge is 2.14. The van der Waals surface area contributed by atoms with Gasteiger partial charge in [0.15, 0.2) is 0 Å². The summed E-state index contributed by atoms with van der Waals surface area (Å²) in [7, 11) is 0. The summed E-state index contributed by atoms with van der Waals surface area (Å²) in [4.78, 5) is 24.4. The minimum atomic E-state index is -0.949. The van der Waals surface area contributed by atoms with E-state index < -0.39 is 5.97 Å². The van der Waals surface area contributed by atoms with Crippen molar-refractivity contribution in [2.24, 2.45) is 0 Å². The fraction of sp³-hybridized carbons (Fsp3) is 0.320. The van der Waals surface area contributed by atoms with E-state index in [4.69, 9.17) is 0 Å². The van der Waals surface area contributed by atoms with Gasteiger partial charge in [-0.3, -0.25) is 4.57 Å². The van der Waals surface area contributed by atoms with Crippen LogP contribution in [0.15, 0.2) is 66.0 Å². The Balaban J connectivity index is 1.86. The van der Waals surface area contributed by atoms with Crippen LogP contribution in [0, 0.1) is 0 Å². The molecule has 1 aromatic heterocycles. The van der Waals surface area contributed by atoms with Gasteiger partial charge >= 0.3 is 11.7 Å². The van der Waals surface area contributed by atoms with E-state index in [1.807, 2.05) is 30.3 Å². The third-order valence-corrected chi connectivity index (χ3v) is 5.31. The van der Waals surface area contributed by atoms with Crippen LogP contribution in [-0.4, -0.2) is 25.4 Å². The molecule has 6 nitrogen and oxygen atoms in total. The smallest absolute Gasteiger partial charge is 0.346 e. The monoisotopic (exact) mass is 419 g/mol. The molecule has 2 aromatic carbocycles. The second-order valence-corrected chi connectivity index (χ2v) is 7.59. The van der Waals surface area contributed by atoms with Gasteiger partial charge in [-0.1, -0.05) is 68.3 Å². The Hall–Kier alpha value is -3.41. The Bertz CT molecular complexity index is 1090. The Labute approximate surface area is 182 Å². The van der Waals surface area contributed by atoms with Crippen molar-refractivity contribution in [1.29, 1.82) is 0 Å². The molecule has 0 atom stereocenters. The molecule has 0 spiro atoms. The summed E-state index contributed by atoms with van der Waals surface area (Å²) < 4.78 is 3.28. The normalized spacial score (nSPS) is 10.9. The van der Waals surface area contributed by atoms with Crippen LogP contribution in [0.1, 0.15) is 54.4 Å². The predicted octanol–water partition coefficient (Wildman–Crippen LogP) is 4.77. The average molecular weight is 420 g/mol. The van der Waals surface area contributed by atoms with Crippen LogP contribution in [0.4, 0.5) is 0 Å². The lowest BCUT2D eigenvalue weighted by molar-refractivity contribution is 0.0697. The number of carboxylic acid groups (broad SMARTS) is 1. The van der Waals surface area contributed by atoms with Crippen molar-refractivity contribution in [1.82, 2.24) is 14.3 Å². The lowest BCUT2D eigenvalue weighted by atomic mass is 9.99. The van der Waals surface area contributed by atoms with Crippen molar-refractivity contribution < 1.29 is 9.90 Å². The number of carboxylic acids is 1. The Morgan fingerprint density at radius 3 is 2.55 bits per heavy atom. The van der Waals surface area contributed by atoms with Crippen molar-refractivity contribution >= 4 is 5.97 Å². The first-order chi connectivity index (χ1) is 15.0. The SMILES string of the molecule is C=CCCn1nc(CCCCC)n(Cc2ccc(-c3ccccc3C(=O)O)cc2)c1=O. The van der Waals surface area contributed by atoms with Gasteiger partial charge in [-0.15, -0.1) is 6.58 Å². The first kappa shape index (κ1) is 22.3. The molecule has 31 heavy (non-hydrogen) atoms. The van der Waals surface area contributed by atoms with E-state index in [-0.39, 0.29) is 11.3 Å². The number of aromatic carboxylic acids is 1. The van der Waals surface area contributed by atoms with Gasteiger partial charge in [-0.25, -0.2) is 14.3 Å². The van der Waals surface area contributed by atoms with Crippen LogP contribution in [0.3, 0.4) is 0 Å². The molecule has 0 saturated heterocycles. The lowest BCUT2D eigenvalue weighted by Gasteiger charge is -2.09. The number of hydrogen-bond acceptors (Lipinski definition) is 3. The first-order valence-corrected chi connectivity index (χ1v) is 10.7. The maximum absolute atomic E-state index is 12.9. The van der Waals surface area contributed by atoms with E-state index in [1.54, 1.807) is 28.8 Å². The second kappa shape index (κ2) is 10.6. The average Bonchev–Trinajstić information content (AvgIpc) is 3.07. The largest absolute Gasteiger partial charge is 0.478 e. The van der Waals surface area contributed by atoms with Gasteiger partial charge in [-0.05, 0) is 35.6 Å². The molecule has 0 aliphatic heterocycles. The molecule has 162 valence electrons. The van der Waals surface area contributed by atoms with Gasteiger partial charge in [0, 0.05) is 13.0 Å². The summed E-state index contributed by atoms with van der Waals surface area (Å²) in [5.41, 5.74) is 2.65. The summed E-state index contributed by atoms with van der Waals surface area (Å²) in [5, 5.41) is 14.0. The zero-order valence-corrected chi connectivity index (χ0v) is 18.0. The highest BCUT2D eigenvalue weighted by atomic mass is 16.4. The number of unbranched alkanes of at least 4 members (excludes halogenated alkanes) is 2. The number of nitrogens with zero attached hydrogens (tertiary/aromatic N) is 3. The third-order valence-electron chi connectivity index (χ3n) is 5.31. The molecule has 3 aromatic rings. The molecule has 0 radical (unpaired) electrons. The molecule has 0 saturated carbocycles. The van der Waals surface area contributed by atoms with Crippen molar-refractivity contribution in [3.05, 3.63) is 88.6 Å². The van der Waals surface area contributed by atoms with Crippen LogP contribution in [-0.2, 0) is 19.5 Å². The molecule has 0 aliphatic carbocycles. The maximum Gasteiger partial charge on any atom is 0.346 e. The summed E-state index contributed by atoms with van der Waals surface area (Å²) in [6, 6.07) is 14.6. The first-order valence-electron chi connectivity index (χ1n) is 10.7. The number of benzene rings is 2. The predicted molar refractivity (Wildman–Crippen MR) is 122 cm³/mol. The minimum absolute atomic E-state index is 0.103. The zero-order chi connectivity index (χ0) is 22.2. The molecule has 1 heterocycles. The maximum atomic E-state index is 12.9. The number of allylic oxidation sites excluding steroid dienone is 1. The highest BCUT2D eigenvalue weighted by molar-refractivity contribution is 5.95. The van der Waals surface area contributed by atoms with E-state index in [0.29, 0.717) is 25.1 Å². The van der Waals surface area contributed by atoms with Crippen LogP contribution in [0.2, 0.25) is 0 Å². The van der Waals surface area contributed by atoms with Gasteiger partial charge < -0.3 is 5.11 Å². The van der Waals surface area contributed by atoms with E-state index in [0.717, 1.165) is 42.6 Å². The molecule has 0 aliphatic rings. The summed E-state index contributed by atoms with van der Waals surface area (Å²) in [5.74, 6) is -0.141. The summed E-state index contributed by atoms with van der Waals surface area (Å²) in [6.07, 6.45) is 6.47. The Kier molecular flexibility index (Phi) is 7.60. The van der Waals surface area contributed by atoms with E-state index in [9.17, 15) is 14.7 Å². The Morgan fingerprint density at radius 2 is 1.87 bits per heavy atom. The molecule has 0 bridgehead atoms. The van der Waals surface area contributed by atoms with Crippen LogP contribution in [0.5, 0.6) is 0 Å². The van der Waals surface area contributed by atoms with Gasteiger partial charge in [0.1, 0.15) is 5.82 Å². The molecule has 3 rings (SSSR count). The lowest BCUT2D eigenvalue weighted by Crippen LogP contribution is -2.26. The minimum Gasteiger partial charge on any atom is -0.478 e. The molecule has 0 unspecified atom stereocenters. The third kappa shape index (κ3) is 5.40. The molecule has 0 fully saturated rings. The van der Waals surface area contributed by atoms with Crippen molar-refractivity contribution in [2.75, 3.05) is 0 Å². The molecule has 0 amide bonds. The number of rotatable bonds is 11. The van der Waals surface area contributed by atoms with Crippen LogP contribution in [0.25, 0.3) is 11.1 Å². The standard InChI is InChI=1S/C25H29N3O3/c1-3-5-7-12-23-26-28(17-6-4-2)25(31)27(23)18-19-13-15-20(16-14-19)21-10-8-9-11-22(21)24(29)30/h4,8-11,13-16H,2-3,5-7,12,17-18H2,1H3,(H,29,30). The summed E-state index contributed by atoms with van der Waals surface area (Å²) >= 11 is 0. The molecule has 1 N–H and O–H groups in total. The topological polar surface area (TPSA) is 77.1 Å². The van der Waals surface area contributed by atoms with Crippen LogP contribution >= 0.6 is 0 Å². The van der Waals surface area contributed by atoms with E-state index >= 15 is 0 Å². The van der Waals surface area contributed by atoms with E-state index in [1.165, 1.54) is 4.68 Å². The summed E-state index contributed by atoms with van der Waals surface area (Å²) in [6.45, 7) is 6.85. The highest BCUT2D eigenvalue weighted by Crippen LogP contribution is 2.24. The second-order valence-electron chi connectivity index (χ2n) is 7.59. The van der Waals surface area contributed by atoms with Gasteiger partial charge in [0.2, 0.25) is 0 Å². The fourth-order valence-corrected chi connectivity index (χ4v) is 3.62. The van der Waals surface area contributed by atoms with Gasteiger partial charge in [0.05, 0.1) is 12.1 Å². The van der Waals surface area contributed by atoms with Gasteiger partial charge in [-0.2, -0.15) is 5.10 Å². The van der Waals surface area contributed by atoms with E-state index in [2.05, 4.69) is 18.6 Å². The fourth-order valence-electron chi connectivity index (χ4n) is 3.62. The number of hydrogen-bond donors (Lipinski definition) is 1. The number of aromatic nitrogens is 3. The van der Waals surface area contributed by atoms with Crippen molar-refractivity contribution in [3.8, 4) is 11.1 Å². The van der Waals surface area contributed by atoms with Crippen LogP contribution < -0.4 is 5.69 Å². The van der Waals surface area contributed by atoms with Crippen molar-refractivity contribution in [3.63, 3.8) is 0 Å². The molecular formula is C25H29N3O3. The quantitative estimate of drug-likeness (QED) is 0.359. The molecule has 6 heteroatoms. The Morgan fingerprint density at radius 1 is 1.13 bits per heavy atom.